The number of anilines is 1. The predicted octanol–water partition coefficient (Wildman–Crippen LogP) is 3.11. The van der Waals surface area contributed by atoms with Crippen molar-refractivity contribution in [3.05, 3.63) is 52.1 Å². The Hall–Kier alpha value is -3.11. The quantitative estimate of drug-likeness (QED) is 0.524. The van der Waals surface area contributed by atoms with Crippen molar-refractivity contribution in [3.8, 4) is 10.6 Å². The zero-order chi connectivity index (χ0) is 19.7. The molecule has 0 saturated heterocycles. The summed E-state index contributed by atoms with van der Waals surface area (Å²) in [6.45, 7) is 3.76. The molecule has 4 aromatic rings. The van der Waals surface area contributed by atoms with Crippen molar-refractivity contribution < 1.29 is 9.59 Å². The van der Waals surface area contributed by atoms with Crippen LogP contribution in [0.1, 0.15) is 27.9 Å². The maximum absolute atomic E-state index is 12.7. The number of thiophene rings is 1. The number of hydrogen-bond acceptors (Lipinski definition) is 7. The van der Waals surface area contributed by atoms with Crippen molar-refractivity contribution >= 4 is 45.3 Å². The number of aryl methyl sites for hydroxylation is 1. The fourth-order valence-electron chi connectivity index (χ4n) is 2.69. The first-order valence-corrected chi connectivity index (χ1v) is 10.1. The monoisotopic (exact) mass is 412 g/mol. The van der Waals surface area contributed by atoms with Gasteiger partial charge in [0.25, 0.3) is 5.91 Å². The molecule has 142 valence electrons. The van der Waals surface area contributed by atoms with E-state index in [2.05, 4.69) is 25.7 Å². The van der Waals surface area contributed by atoms with Gasteiger partial charge < -0.3 is 5.32 Å². The van der Waals surface area contributed by atoms with Crippen LogP contribution in [0.15, 0.2) is 36.0 Å². The highest BCUT2D eigenvalue weighted by Gasteiger charge is 2.19. The zero-order valence-corrected chi connectivity index (χ0v) is 16.7. The van der Waals surface area contributed by atoms with Gasteiger partial charge in [0.05, 0.1) is 22.8 Å². The second-order valence-electron chi connectivity index (χ2n) is 6.02. The molecule has 0 spiro atoms. The molecule has 0 bridgehead atoms. The van der Waals surface area contributed by atoms with E-state index in [9.17, 15) is 9.59 Å². The average molecular weight is 413 g/mol. The van der Waals surface area contributed by atoms with Crippen LogP contribution in [0.3, 0.4) is 0 Å². The van der Waals surface area contributed by atoms with Crippen molar-refractivity contribution in [2.75, 3.05) is 5.32 Å². The van der Waals surface area contributed by atoms with Gasteiger partial charge >= 0.3 is 0 Å². The van der Waals surface area contributed by atoms with Crippen molar-refractivity contribution in [1.82, 2.24) is 24.9 Å². The Kier molecular flexibility index (Phi) is 4.88. The first kappa shape index (κ1) is 18.3. The molecule has 0 fully saturated rings. The molecular weight excluding hydrogens is 396 g/mol. The number of hydrogen-bond donors (Lipinski definition) is 2. The molecule has 0 radical (unpaired) electrons. The standard InChI is InChI=1S/C18H16N6O2S2/c1-10-15(16-19-6-3-7-24(16)23-10)17(26)22-18-21-13(9-27-18)14-5-4-12(28-14)8-20-11(2)25/h3-7,9H,8H2,1-2H3,(H,20,25)(H,21,22,26). The maximum Gasteiger partial charge on any atom is 0.263 e. The lowest BCUT2D eigenvalue weighted by Crippen LogP contribution is -2.17. The van der Waals surface area contributed by atoms with Crippen LogP contribution in [0.5, 0.6) is 0 Å². The number of thiazole rings is 1. The van der Waals surface area contributed by atoms with Crippen molar-refractivity contribution in [2.24, 2.45) is 0 Å². The van der Waals surface area contributed by atoms with Crippen LogP contribution in [0.2, 0.25) is 0 Å². The molecule has 4 aromatic heterocycles. The molecule has 28 heavy (non-hydrogen) atoms. The lowest BCUT2D eigenvalue weighted by molar-refractivity contribution is -0.119. The summed E-state index contributed by atoms with van der Waals surface area (Å²) in [4.78, 5) is 34.5. The van der Waals surface area contributed by atoms with Gasteiger partial charge in [0.15, 0.2) is 10.8 Å². The van der Waals surface area contributed by atoms with E-state index in [1.54, 1.807) is 41.2 Å². The van der Waals surface area contributed by atoms with Crippen LogP contribution in [0, 0.1) is 6.92 Å². The second kappa shape index (κ2) is 7.49. The summed E-state index contributed by atoms with van der Waals surface area (Å²) in [5.41, 5.74) is 2.34. The highest BCUT2D eigenvalue weighted by molar-refractivity contribution is 7.17. The maximum atomic E-state index is 12.7. The van der Waals surface area contributed by atoms with Crippen LogP contribution >= 0.6 is 22.7 Å². The molecule has 0 aliphatic rings. The van der Waals surface area contributed by atoms with Crippen molar-refractivity contribution in [3.63, 3.8) is 0 Å². The van der Waals surface area contributed by atoms with Gasteiger partial charge in [-0.1, -0.05) is 0 Å². The second-order valence-corrected chi connectivity index (χ2v) is 8.04. The van der Waals surface area contributed by atoms with E-state index in [1.165, 1.54) is 18.3 Å². The first-order valence-electron chi connectivity index (χ1n) is 8.41. The minimum Gasteiger partial charge on any atom is -0.351 e. The van der Waals surface area contributed by atoms with Gasteiger partial charge in [-0.05, 0) is 25.1 Å². The van der Waals surface area contributed by atoms with Crippen LogP contribution < -0.4 is 10.6 Å². The van der Waals surface area contributed by atoms with E-state index in [0.717, 1.165) is 15.4 Å². The Morgan fingerprint density at radius 1 is 1.29 bits per heavy atom. The van der Waals surface area contributed by atoms with Gasteiger partial charge in [0.1, 0.15) is 5.56 Å². The highest BCUT2D eigenvalue weighted by Crippen LogP contribution is 2.31. The van der Waals surface area contributed by atoms with Crippen molar-refractivity contribution in [1.29, 1.82) is 0 Å². The van der Waals surface area contributed by atoms with Gasteiger partial charge in [-0.15, -0.1) is 22.7 Å². The molecule has 4 rings (SSSR count). The molecule has 2 amide bonds. The molecule has 0 saturated carbocycles. The third kappa shape index (κ3) is 3.64. The number of nitrogens with zero attached hydrogens (tertiary/aromatic N) is 4. The van der Waals surface area contributed by atoms with Gasteiger partial charge in [0, 0.05) is 29.6 Å². The van der Waals surface area contributed by atoms with Gasteiger partial charge in [-0.25, -0.2) is 14.5 Å². The Balaban J connectivity index is 1.51. The third-order valence-electron chi connectivity index (χ3n) is 3.95. The van der Waals surface area contributed by atoms with Gasteiger partial charge in [-0.2, -0.15) is 5.10 Å². The number of carbonyl (C=O) groups excluding carboxylic acids is 2. The summed E-state index contributed by atoms with van der Waals surface area (Å²) in [5, 5.41) is 12.3. The van der Waals surface area contributed by atoms with E-state index in [0.29, 0.717) is 28.6 Å². The fraction of sp³-hybridized carbons (Fsp3) is 0.167. The summed E-state index contributed by atoms with van der Waals surface area (Å²) < 4.78 is 1.58. The SMILES string of the molecule is CC(=O)NCc1ccc(-c2csc(NC(=O)c3c(C)nn4cccnc34)n2)s1. The van der Waals surface area contributed by atoms with Gasteiger partial charge in [-0.3, -0.25) is 14.9 Å². The predicted molar refractivity (Wildman–Crippen MR) is 109 cm³/mol. The molecule has 0 aliphatic heterocycles. The topological polar surface area (TPSA) is 101 Å². The minimum atomic E-state index is -0.287. The Morgan fingerprint density at radius 3 is 2.96 bits per heavy atom. The summed E-state index contributed by atoms with van der Waals surface area (Å²) in [7, 11) is 0. The number of carbonyl (C=O) groups is 2. The van der Waals surface area contributed by atoms with Gasteiger partial charge in [0.2, 0.25) is 5.91 Å². The zero-order valence-electron chi connectivity index (χ0n) is 15.1. The Labute approximate surface area is 168 Å². The number of rotatable bonds is 5. The Bertz CT molecular complexity index is 1180. The van der Waals surface area contributed by atoms with E-state index >= 15 is 0 Å². The molecule has 0 atom stereocenters. The average Bonchev–Trinajstić information content (AvgIpc) is 3.37. The number of nitrogens with one attached hydrogen (secondary N) is 2. The Morgan fingerprint density at radius 2 is 2.14 bits per heavy atom. The van der Waals surface area contributed by atoms with Crippen LogP contribution in [0.25, 0.3) is 16.2 Å². The van der Waals surface area contributed by atoms with E-state index in [4.69, 9.17) is 0 Å². The van der Waals surface area contributed by atoms with Crippen LogP contribution in [-0.4, -0.2) is 31.4 Å². The molecule has 4 heterocycles. The molecule has 10 heteroatoms. The smallest absolute Gasteiger partial charge is 0.263 e. The molecule has 8 nitrogen and oxygen atoms in total. The molecule has 0 unspecified atom stereocenters. The van der Waals surface area contributed by atoms with Crippen molar-refractivity contribution in [2.45, 2.75) is 20.4 Å². The van der Waals surface area contributed by atoms with Crippen LogP contribution in [0.4, 0.5) is 5.13 Å². The normalized spacial score (nSPS) is 10.9. The lowest BCUT2D eigenvalue weighted by Gasteiger charge is -2.00. The largest absolute Gasteiger partial charge is 0.351 e. The molecular formula is C18H16N6O2S2. The third-order valence-corrected chi connectivity index (χ3v) is 5.81. The summed E-state index contributed by atoms with van der Waals surface area (Å²) in [6.07, 6.45) is 3.38. The fourth-order valence-corrected chi connectivity index (χ4v) is 4.38. The van der Waals surface area contributed by atoms with E-state index in [-0.39, 0.29) is 11.8 Å². The summed E-state index contributed by atoms with van der Waals surface area (Å²) in [5.74, 6) is -0.351. The highest BCUT2D eigenvalue weighted by atomic mass is 32.1. The first-order chi connectivity index (χ1) is 13.5. The van der Waals surface area contributed by atoms with Crippen LogP contribution in [-0.2, 0) is 11.3 Å². The molecule has 0 aliphatic carbocycles. The number of fused-ring (bicyclic) bond motifs is 1. The van der Waals surface area contributed by atoms with E-state index in [1.807, 2.05) is 17.5 Å². The minimum absolute atomic E-state index is 0.0638. The summed E-state index contributed by atoms with van der Waals surface area (Å²) in [6, 6.07) is 5.68. The number of aromatic nitrogens is 4. The lowest BCUT2D eigenvalue weighted by atomic mass is 10.2. The summed E-state index contributed by atoms with van der Waals surface area (Å²) >= 11 is 2.91. The van der Waals surface area contributed by atoms with E-state index < -0.39 is 0 Å². The molecule has 2 N–H and O–H groups in total. The number of amides is 2. The molecule has 0 aromatic carbocycles.